The van der Waals surface area contributed by atoms with E-state index in [0.717, 1.165) is 22.1 Å². The van der Waals surface area contributed by atoms with Crippen molar-refractivity contribution in [1.29, 1.82) is 0 Å². The zero-order valence-corrected chi connectivity index (χ0v) is 12.0. The lowest BCUT2D eigenvalue weighted by atomic mass is 10.1. The molecule has 2 aromatic rings. The van der Waals surface area contributed by atoms with Gasteiger partial charge in [0.05, 0.1) is 13.2 Å². The molecule has 0 saturated heterocycles. The fraction of sp³-hybridized carbons (Fsp3) is 0.385. The standard InChI is InChI=1S/C13H17N3O2S/c1-4-12-15-16-13(19-12)14-8(2)10-7-9(18-3)5-6-11(10)17/h5-8,17H,4H2,1-3H3,(H,14,16). The van der Waals surface area contributed by atoms with Gasteiger partial charge in [0.2, 0.25) is 5.13 Å². The van der Waals surface area contributed by atoms with Crippen molar-refractivity contribution in [1.82, 2.24) is 10.2 Å². The number of nitrogens with one attached hydrogen (secondary N) is 1. The van der Waals surface area contributed by atoms with E-state index in [1.54, 1.807) is 19.2 Å². The van der Waals surface area contributed by atoms with E-state index in [-0.39, 0.29) is 11.8 Å². The Bertz CT molecular complexity index is 557. The van der Waals surface area contributed by atoms with Gasteiger partial charge in [-0.3, -0.25) is 0 Å². The molecular formula is C13H17N3O2S. The average Bonchev–Trinajstić information content (AvgIpc) is 2.87. The summed E-state index contributed by atoms with van der Waals surface area (Å²) < 4.78 is 5.17. The van der Waals surface area contributed by atoms with Crippen LogP contribution in [0.1, 0.15) is 30.5 Å². The summed E-state index contributed by atoms with van der Waals surface area (Å²) in [5.74, 6) is 0.953. The number of methoxy groups -OCH3 is 1. The van der Waals surface area contributed by atoms with Crippen molar-refractivity contribution < 1.29 is 9.84 Å². The van der Waals surface area contributed by atoms with Crippen molar-refractivity contribution in [3.05, 3.63) is 28.8 Å². The van der Waals surface area contributed by atoms with Gasteiger partial charge in [0.1, 0.15) is 16.5 Å². The molecule has 0 amide bonds. The lowest BCUT2D eigenvalue weighted by Crippen LogP contribution is -2.06. The van der Waals surface area contributed by atoms with Crippen LogP contribution >= 0.6 is 11.3 Å². The number of hydrogen-bond acceptors (Lipinski definition) is 6. The van der Waals surface area contributed by atoms with Crippen LogP contribution in [0, 0.1) is 0 Å². The predicted molar refractivity (Wildman–Crippen MR) is 76.0 cm³/mol. The van der Waals surface area contributed by atoms with Gasteiger partial charge in [-0.1, -0.05) is 18.3 Å². The van der Waals surface area contributed by atoms with Crippen molar-refractivity contribution in [2.45, 2.75) is 26.3 Å². The molecule has 1 heterocycles. The lowest BCUT2D eigenvalue weighted by Gasteiger charge is -2.15. The minimum absolute atomic E-state index is 0.0762. The first-order valence-corrected chi connectivity index (χ1v) is 6.91. The molecule has 0 aliphatic heterocycles. The highest BCUT2D eigenvalue weighted by Crippen LogP contribution is 2.31. The second-order valence-electron chi connectivity index (χ2n) is 4.15. The topological polar surface area (TPSA) is 67.3 Å². The van der Waals surface area contributed by atoms with E-state index in [0.29, 0.717) is 5.75 Å². The third kappa shape index (κ3) is 3.14. The molecule has 0 aliphatic carbocycles. The number of anilines is 1. The maximum Gasteiger partial charge on any atom is 0.206 e. The van der Waals surface area contributed by atoms with Crippen LogP contribution in [0.15, 0.2) is 18.2 Å². The van der Waals surface area contributed by atoms with Gasteiger partial charge in [-0.15, -0.1) is 10.2 Å². The van der Waals surface area contributed by atoms with Gasteiger partial charge >= 0.3 is 0 Å². The van der Waals surface area contributed by atoms with Gasteiger partial charge in [0.25, 0.3) is 0 Å². The van der Waals surface area contributed by atoms with E-state index in [4.69, 9.17) is 4.74 Å². The molecule has 0 fully saturated rings. The number of hydrogen-bond donors (Lipinski definition) is 2. The summed E-state index contributed by atoms with van der Waals surface area (Å²) in [5, 5.41) is 23.0. The number of nitrogens with zero attached hydrogens (tertiary/aromatic N) is 2. The van der Waals surface area contributed by atoms with Crippen molar-refractivity contribution in [3.8, 4) is 11.5 Å². The summed E-state index contributed by atoms with van der Waals surface area (Å²) in [6.07, 6.45) is 0.873. The number of rotatable bonds is 5. The number of benzene rings is 1. The second-order valence-corrected chi connectivity index (χ2v) is 5.21. The number of aryl methyl sites for hydroxylation is 1. The van der Waals surface area contributed by atoms with Crippen LogP contribution in [0.25, 0.3) is 0 Å². The van der Waals surface area contributed by atoms with E-state index in [1.165, 1.54) is 11.3 Å². The van der Waals surface area contributed by atoms with Crippen LogP contribution in [0.2, 0.25) is 0 Å². The quantitative estimate of drug-likeness (QED) is 0.880. The normalized spacial score (nSPS) is 12.2. The Kier molecular flexibility index (Phi) is 4.21. The van der Waals surface area contributed by atoms with E-state index in [1.807, 2.05) is 19.9 Å². The Balaban J connectivity index is 2.16. The van der Waals surface area contributed by atoms with Gasteiger partial charge in [0, 0.05) is 5.56 Å². The monoisotopic (exact) mass is 279 g/mol. The third-order valence-corrected chi connectivity index (χ3v) is 3.81. The fourth-order valence-corrected chi connectivity index (χ4v) is 2.49. The van der Waals surface area contributed by atoms with Crippen molar-refractivity contribution in [2.75, 3.05) is 12.4 Å². The first-order chi connectivity index (χ1) is 9.13. The molecule has 102 valence electrons. The highest BCUT2D eigenvalue weighted by atomic mass is 32.1. The van der Waals surface area contributed by atoms with Gasteiger partial charge in [-0.05, 0) is 31.5 Å². The number of ether oxygens (including phenoxy) is 1. The molecule has 1 unspecified atom stereocenters. The molecule has 0 aliphatic rings. The molecule has 2 rings (SSSR count). The minimum atomic E-state index is -0.0762. The smallest absolute Gasteiger partial charge is 0.206 e. The molecule has 0 radical (unpaired) electrons. The van der Waals surface area contributed by atoms with Crippen LogP contribution in [0.5, 0.6) is 11.5 Å². The van der Waals surface area contributed by atoms with Crippen LogP contribution < -0.4 is 10.1 Å². The molecule has 6 heteroatoms. The molecule has 1 aromatic carbocycles. The number of aromatic nitrogens is 2. The number of phenolic OH excluding ortho intramolecular Hbond substituents is 1. The molecule has 1 atom stereocenters. The molecule has 2 N–H and O–H groups in total. The van der Waals surface area contributed by atoms with Crippen molar-refractivity contribution in [2.24, 2.45) is 0 Å². The van der Waals surface area contributed by atoms with Gasteiger partial charge in [-0.2, -0.15) is 0 Å². The first-order valence-electron chi connectivity index (χ1n) is 6.09. The molecule has 0 saturated carbocycles. The largest absolute Gasteiger partial charge is 0.508 e. The first kappa shape index (κ1) is 13.6. The summed E-state index contributed by atoms with van der Waals surface area (Å²) in [4.78, 5) is 0. The van der Waals surface area contributed by atoms with Gasteiger partial charge in [-0.25, -0.2) is 0 Å². The Morgan fingerprint density at radius 3 is 2.84 bits per heavy atom. The van der Waals surface area contributed by atoms with Crippen LogP contribution in [-0.4, -0.2) is 22.4 Å². The lowest BCUT2D eigenvalue weighted by molar-refractivity contribution is 0.410. The van der Waals surface area contributed by atoms with E-state index >= 15 is 0 Å². The zero-order valence-electron chi connectivity index (χ0n) is 11.2. The summed E-state index contributed by atoms with van der Waals surface area (Å²) in [6.45, 7) is 4.00. The average molecular weight is 279 g/mol. The summed E-state index contributed by atoms with van der Waals surface area (Å²) in [5.41, 5.74) is 0.771. The van der Waals surface area contributed by atoms with E-state index < -0.39 is 0 Å². The maximum atomic E-state index is 9.90. The second kappa shape index (κ2) is 5.88. The molecule has 0 spiro atoms. The van der Waals surface area contributed by atoms with E-state index in [2.05, 4.69) is 15.5 Å². The van der Waals surface area contributed by atoms with Crippen LogP contribution in [-0.2, 0) is 6.42 Å². The minimum Gasteiger partial charge on any atom is -0.508 e. The summed E-state index contributed by atoms with van der Waals surface area (Å²) in [6, 6.07) is 5.09. The van der Waals surface area contributed by atoms with Crippen molar-refractivity contribution >= 4 is 16.5 Å². The van der Waals surface area contributed by atoms with Crippen LogP contribution in [0.4, 0.5) is 5.13 Å². The Morgan fingerprint density at radius 2 is 2.21 bits per heavy atom. The highest BCUT2D eigenvalue weighted by molar-refractivity contribution is 7.15. The summed E-state index contributed by atoms with van der Waals surface area (Å²) >= 11 is 1.53. The van der Waals surface area contributed by atoms with E-state index in [9.17, 15) is 5.11 Å². The molecule has 5 nitrogen and oxygen atoms in total. The highest BCUT2D eigenvalue weighted by Gasteiger charge is 2.13. The number of aromatic hydroxyl groups is 1. The van der Waals surface area contributed by atoms with Gasteiger partial charge in [0.15, 0.2) is 0 Å². The Morgan fingerprint density at radius 1 is 1.42 bits per heavy atom. The fourth-order valence-electron chi connectivity index (χ4n) is 1.72. The molecule has 0 bridgehead atoms. The SMILES string of the molecule is CCc1nnc(NC(C)c2cc(OC)ccc2O)s1. The van der Waals surface area contributed by atoms with Crippen molar-refractivity contribution in [3.63, 3.8) is 0 Å². The maximum absolute atomic E-state index is 9.90. The Hall–Kier alpha value is -1.82. The molecule has 19 heavy (non-hydrogen) atoms. The van der Waals surface area contributed by atoms with Gasteiger partial charge < -0.3 is 15.2 Å². The zero-order chi connectivity index (χ0) is 13.8. The Labute approximate surface area is 116 Å². The number of phenols is 1. The third-order valence-electron chi connectivity index (χ3n) is 2.81. The predicted octanol–water partition coefficient (Wildman–Crippen LogP) is 2.99. The molecular weight excluding hydrogens is 262 g/mol. The molecule has 1 aromatic heterocycles. The van der Waals surface area contributed by atoms with Crippen LogP contribution in [0.3, 0.4) is 0 Å². The summed E-state index contributed by atoms with van der Waals surface area (Å²) in [7, 11) is 1.60.